The van der Waals surface area contributed by atoms with Crippen LogP contribution in [-0.2, 0) is 0 Å². The molecule has 0 spiro atoms. The number of carbonyl (C=O) groups excluding carboxylic acids is 1. The Labute approximate surface area is 147 Å². The number of rotatable bonds is 4. The number of nitrogens with zero attached hydrogens (tertiary/aromatic N) is 1. The zero-order valence-electron chi connectivity index (χ0n) is 13.4. The summed E-state index contributed by atoms with van der Waals surface area (Å²) in [5.74, 6) is -2.16. The van der Waals surface area contributed by atoms with Gasteiger partial charge in [0.2, 0.25) is 0 Å². The first-order valence-corrected chi connectivity index (χ1v) is 7.57. The highest BCUT2D eigenvalue weighted by Gasteiger charge is 2.12. The Bertz CT molecular complexity index is 1040. The number of fused-ring (bicyclic) bond motifs is 1. The highest BCUT2D eigenvalue weighted by atomic mass is 16.4. The zero-order valence-corrected chi connectivity index (χ0v) is 13.4. The highest BCUT2D eigenvalue weighted by Crippen LogP contribution is 2.25. The van der Waals surface area contributed by atoms with Gasteiger partial charge in [0.05, 0.1) is 17.3 Å². The molecule has 0 atom stereocenters. The summed E-state index contributed by atoms with van der Waals surface area (Å²) >= 11 is 0. The van der Waals surface area contributed by atoms with E-state index in [9.17, 15) is 19.8 Å². The molecule has 3 aromatic rings. The molecule has 26 heavy (non-hydrogen) atoms. The Morgan fingerprint density at radius 1 is 0.923 bits per heavy atom. The molecule has 0 aliphatic rings. The predicted octanol–water partition coefficient (Wildman–Crippen LogP) is 2.71. The molecule has 0 aliphatic carbocycles. The smallest absolute Gasteiger partial charge is 0.335 e. The normalized spacial score (nSPS) is 10.9. The van der Waals surface area contributed by atoms with E-state index in [0.717, 1.165) is 17.0 Å². The second-order valence-electron chi connectivity index (χ2n) is 5.49. The molecule has 0 bridgehead atoms. The largest absolute Gasteiger partial charge is 0.507 e. The van der Waals surface area contributed by atoms with Crippen molar-refractivity contribution in [3.05, 3.63) is 71.3 Å². The van der Waals surface area contributed by atoms with Crippen LogP contribution in [-0.4, -0.2) is 33.4 Å². The number of aromatic hydroxyl groups is 2. The van der Waals surface area contributed by atoms with Crippen LogP contribution < -0.4 is 5.43 Å². The Balaban J connectivity index is 1.81. The summed E-state index contributed by atoms with van der Waals surface area (Å²) in [5.41, 5.74) is 2.39. The summed E-state index contributed by atoms with van der Waals surface area (Å²) < 4.78 is 0. The number of carboxylic acid groups (broad SMARTS) is 1. The summed E-state index contributed by atoms with van der Waals surface area (Å²) in [4.78, 5) is 23.2. The first-order chi connectivity index (χ1) is 12.5. The number of aromatic carboxylic acids is 1. The molecule has 0 radical (unpaired) electrons. The average Bonchev–Trinajstić information content (AvgIpc) is 2.62. The second kappa shape index (κ2) is 6.94. The van der Waals surface area contributed by atoms with Crippen molar-refractivity contribution >= 4 is 28.9 Å². The van der Waals surface area contributed by atoms with E-state index in [1.807, 2.05) is 24.3 Å². The van der Waals surface area contributed by atoms with Gasteiger partial charge in [-0.1, -0.05) is 24.3 Å². The SMILES string of the molecule is O=C(O)c1ccc(O)c(C=NNC(=O)c2cc3ccccc3cc2O)c1. The molecular formula is C19H14N2O5. The molecule has 7 heteroatoms. The summed E-state index contributed by atoms with van der Waals surface area (Å²) in [6, 6.07) is 14.0. The van der Waals surface area contributed by atoms with Gasteiger partial charge in [-0.2, -0.15) is 5.10 Å². The molecule has 0 aliphatic heterocycles. The van der Waals surface area contributed by atoms with Gasteiger partial charge in [0.15, 0.2) is 0 Å². The van der Waals surface area contributed by atoms with Crippen LogP contribution in [0.4, 0.5) is 0 Å². The van der Waals surface area contributed by atoms with E-state index in [1.165, 1.54) is 30.3 Å². The van der Waals surface area contributed by atoms with Crippen LogP contribution in [0.15, 0.2) is 59.7 Å². The van der Waals surface area contributed by atoms with Crippen molar-refractivity contribution in [3.8, 4) is 11.5 Å². The van der Waals surface area contributed by atoms with E-state index in [1.54, 1.807) is 0 Å². The van der Waals surface area contributed by atoms with Gasteiger partial charge in [0.1, 0.15) is 11.5 Å². The summed E-state index contributed by atoms with van der Waals surface area (Å²) in [6.45, 7) is 0. The quantitative estimate of drug-likeness (QED) is 0.426. The van der Waals surface area contributed by atoms with Crippen molar-refractivity contribution in [3.63, 3.8) is 0 Å². The maximum Gasteiger partial charge on any atom is 0.335 e. The zero-order chi connectivity index (χ0) is 18.7. The molecular weight excluding hydrogens is 336 g/mol. The van der Waals surface area contributed by atoms with Gasteiger partial charge in [-0.3, -0.25) is 4.79 Å². The maximum atomic E-state index is 12.2. The second-order valence-corrected chi connectivity index (χ2v) is 5.49. The van der Waals surface area contributed by atoms with Gasteiger partial charge in [-0.05, 0) is 41.1 Å². The lowest BCUT2D eigenvalue weighted by atomic mass is 10.1. The van der Waals surface area contributed by atoms with Crippen molar-refractivity contribution in [2.45, 2.75) is 0 Å². The number of benzene rings is 3. The molecule has 7 nitrogen and oxygen atoms in total. The molecule has 0 saturated heterocycles. The third-order valence-electron chi connectivity index (χ3n) is 3.75. The van der Waals surface area contributed by atoms with Gasteiger partial charge in [0, 0.05) is 5.56 Å². The van der Waals surface area contributed by atoms with Crippen molar-refractivity contribution in [2.24, 2.45) is 5.10 Å². The summed E-state index contributed by atoms with van der Waals surface area (Å²) in [7, 11) is 0. The van der Waals surface area contributed by atoms with Crippen molar-refractivity contribution < 1.29 is 24.9 Å². The number of hydrogen-bond donors (Lipinski definition) is 4. The number of amides is 1. The number of carbonyl (C=O) groups is 2. The van der Waals surface area contributed by atoms with E-state index in [0.29, 0.717) is 0 Å². The molecule has 1 amide bonds. The van der Waals surface area contributed by atoms with Crippen LogP contribution in [0.3, 0.4) is 0 Å². The fraction of sp³-hybridized carbons (Fsp3) is 0. The first kappa shape index (κ1) is 17.0. The first-order valence-electron chi connectivity index (χ1n) is 7.57. The van der Waals surface area contributed by atoms with Crippen molar-refractivity contribution in [1.82, 2.24) is 5.43 Å². The molecule has 0 saturated carbocycles. The lowest BCUT2D eigenvalue weighted by Gasteiger charge is -2.06. The summed E-state index contributed by atoms with van der Waals surface area (Å²) in [6.07, 6.45) is 1.12. The van der Waals surface area contributed by atoms with Crippen LogP contribution in [0, 0.1) is 0 Å². The minimum Gasteiger partial charge on any atom is -0.507 e. The van der Waals surface area contributed by atoms with Crippen LogP contribution >= 0.6 is 0 Å². The van der Waals surface area contributed by atoms with Crippen LogP contribution in [0.5, 0.6) is 11.5 Å². The molecule has 0 fully saturated rings. The van der Waals surface area contributed by atoms with Gasteiger partial charge >= 0.3 is 5.97 Å². The van der Waals surface area contributed by atoms with Crippen LogP contribution in [0.2, 0.25) is 0 Å². The van der Waals surface area contributed by atoms with Crippen LogP contribution in [0.25, 0.3) is 10.8 Å². The minimum atomic E-state index is -1.15. The molecule has 130 valence electrons. The third kappa shape index (κ3) is 3.46. The van der Waals surface area contributed by atoms with E-state index in [-0.39, 0.29) is 28.2 Å². The molecule has 4 N–H and O–H groups in total. The number of carboxylic acids is 1. The lowest BCUT2D eigenvalue weighted by Crippen LogP contribution is -2.17. The highest BCUT2D eigenvalue weighted by molar-refractivity contribution is 6.02. The summed E-state index contributed by atoms with van der Waals surface area (Å²) in [5, 5.41) is 34.0. The van der Waals surface area contributed by atoms with Crippen LogP contribution in [0.1, 0.15) is 26.3 Å². The number of nitrogens with one attached hydrogen (secondary N) is 1. The number of hydrazone groups is 1. The predicted molar refractivity (Wildman–Crippen MR) is 95.7 cm³/mol. The monoisotopic (exact) mass is 350 g/mol. The third-order valence-corrected chi connectivity index (χ3v) is 3.75. The Hall–Kier alpha value is -3.87. The topological polar surface area (TPSA) is 119 Å². The number of phenols is 2. The standard InChI is InChI=1S/C19H14N2O5/c22-16-6-5-13(19(25)26)7-14(16)10-20-21-18(24)15-8-11-3-1-2-4-12(11)9-17(15)23/h1-10,22-23H,(H,21,24)(H,25,26). The Morgan fingerprint density at radius 2 is 1.62 bits per heavy atom. The van der Waals surface area contributed by atoms with Gasteiger partial charge in [0.25, 0.3) is 5.91 Å². The molecule has 3 aromatic carbocycles. The molecule has 0 heterocycles. The lowest BCUT2D eigenvalue weighted by molar-refractivity contribution is 0.0696. The Kier molecular flexibility index (Phi) is 4.53. The molecule has 0 aromatic heterocycles. The maximum absolute atomic E-state index is 12.2. The minimum absolute atomic E-state index is 0.0252. The fourth-order valence-electron chi connectivity index (χ4n) is 2.42. The van der Waals surface area contributed by atoms with E-state index in [2.05, 4.69) is 10.5 Å². The number of phenolic OH excluding ortho intramolecular Hbond substituents is 2. The van der Waals surface area contributed by atoms with Gasteiger partial charge in [-0.25, -0.2) is 10.2 Å². The van der Waals surface area contributed by atoms with E-state index in [4.69, 9.17) is 5.11 Å². The fourth-order valence-corrected chi connectivity index (χ4v) is 2.42. The van der Waals surface area contributed by atoms with E-state index >= 15 is 0 Å². The van der Waals surface area contributed by atoms with E-state index < -0.39 is 11.9 Å². The van der Waals surface area contributed by atoms with Crippen molar-refractivity contribution in [2.75, 3.05) is 0 Å². The van der Waals surface area contributed by atoms with Gasteiger partial charge in [-0.15, -0.1) is 0 Å². The average molecular weight is 350 g/mol. The Morgan fingerprint density at radius 3 is 2.31 bits per heavy atom. The van der Waals surface area contributed by atoms with Crippen molar-refractivity contribution in [1.29, 1.82) is 0 Å². The molecule has 0 unspecified atom stereocenters. The number of hydrogen-bond acceptors (Lipinski definition) is 5. The van der Waals surface area contributed by atoms with Gasteiger partial charge < -0.3 is 15.3 Å². The molecule has 3 rings (SSSR count).